The maximum atomic E-state index is 5.63. The van der Waals surface area contributed by atoms with Crippen LogP contribution in [0.4, 0.5) is 11.8 Å². The highest BCUT2D eigenvalue weighted by molar-refractivity contribution is 7.07. The van der Waals surface area contributed by atoms with Gasteiger partial charge in [-0.3, -0.25) is 5.10 Å². The molecule has 4 aromatic rings. The van der Waals surface area contributed by atoms with Crippen molar-refractivity contribution in [1.29, 1.82) is 0 Å². The van der Waals surface area contributed by atoms with Crippen LogP contribution in [0.2, 0.25) is 0 Å². The summed E-state index contributed by atoms with van der Waals surface area (Å²) in [6.07, 6.45) is 8.32. The summed E-state index contributed by atoms with van der Waals surface area (Å²) in [4.78, 5) is 12.7. The molecule has 0 amide bonds. The Labute approximate surface area is 179 Å². The monoisotopic (exact) mass is 422 g/mol. The highest BCUT2D eigenvalue weighted by atomic mass is 32.1. The van der Waals surface area contributed by atoms with E-state index in [4.69, 9.17) is 11.5 Å². The molecule has 8 nitrogen and oxygen atoms in total. The molecule has 0 atom stereocenters. The number of nitrogens with one attached hydrogen (secondary N) is 2. The van der Waals surface area contributed by atoms with Gasteiger partial charge in [-0.2, -0.15) is 21.4 Å². The fraction of sp³-hybridized carbons (Fsp3) is 0.333. The number of aromatic nitrogens is 5. The van der Waals surface area contributed by atoms with Crippen LogP contribution in [0.25, 0.3) is 22.4 Å². The molecule has 0 bridgehead atoms. The van der Waals surface area contributed by atoms with E-state index >= 15 is 0 Å². The van der Waals surface area contributed by atoms with Crippen molar-refractivity contribution in [3.05, 3.63) is 46.8 Å². The summed E-state index contributed by atoms with van der Waals surface area (Å²) in [7, 11) is 0. The van der Waals surface area contributed by atoms with Gasteiger partial charge >= 0.3 is 0 Å². The Hall–Kier alpha value is -3.04. The lowest BCUT2D eigenvalue weighted by Gasteiger charge is -2.15. The number of hydrogen-bond donors (Lipinski definition) is 4. The summed E-state index contributed by atoms with van der Waals surface area (Å²) < 4.78 is 0. The van der Waals surface area contributed by atoms with Crippen molar-refractivity contribution < 1.29 is 0 Å². The first-order chi connectivity index (χ1) is 14.7. The molecule has 0 aliphatic heterocycles. The molecule has 1 aliphatic rings. The lowest BCUT2D eigenvalue weighted by Crippen LogP contribution is -2.22. The van der Waals surface area contributed by atoms with E-state index in [2.05, 4.69) is 47.3 Å². The second-order valence-electron chi connectivity index (χ2n) is 7.36. The molecule has 0 radical (unpaired) electrons. The molecule has 4 aromatic heterocycles. The van der Waals surface area contributed by atoms with E-state index in [1.54, 1.807) is 17.5 Å². The van der Waals surface area contributed by atoms with E-state index in [-0.39, 0.29) is 5.95 Å². The van der Waals surface area contributed by atoms with Crippen molar-refractivity contribution >= 4 is 34.1 Å². The van der Waals surface area contributed by atoms with Gasteiger partial charge in [0.25, 0.3) is 0 Å². The van der Waals surface area contributed by atoms with Gasteiger partial charge in [-0.15, -0.1) is 0 Å². The summed E-state index contributed by atoms with van der Waals surface area (Å²) in [5.74, 6) is 1.00. The molecule has 5 rings (SSSR count). The number of fused-ring (bicyclic) bond motifs is 1. The van der Waals surface area contributed by atoms with Gasteiger partial charge in [0.1, 0.15) is 5.82 Å². The van der Waals surface area contributed by atoms with Crippen LogP contribution >= 0.6 is 11.3 Å². The van der Waals surface area contributed by atoms with Crippen LogP contribution in [0.15, 0.2) is 41.2 Å². The van der Waals surface area contributed by atoms with Gasteiger partial charge in [0.05, 0.1) is 16.8 Å². The van der Waals surface area contributed by atoms with Crippen molar-refractivity contribution in [2.24, 2.45) is 5.73 Å². The summed E-state index contributed by atoms with van der Waals surface area (Å²) in [6, 6.07) is 8.42. The Kier molecular flexibility index (Phi) is 6.50. The highest BCUT2D eigenvalue weighted by Gasteiger charge is 2.11. The molecule has 0 spiro atoms. The zero-order valence-electron chi connectivity index (χ0n) is 16.7. The second kappa shape index (κ2) is 9.64. The predicted octanol–water partition coefficient (Wildman–Crippen LogP) is 3.95. The third-order valence-corrected chi connectivity index (χ3v) is 5.77. The van der Waals surface area contributed by atoms with Crippen molar-refractivity contribution in [2.45, 2.75) is 44.7 Å². The Morgan fingerprint density at radius 1 is 1.13 bits per heavy atom. The van der Waals surface area contributed by atoms with Crippen LogP contribution in [0.3, 0.4) is 0 Å². The van der Waals surface area contributed by atoms with E-state index in [1.807, 2.05) is 18.2 Å². The molecule has 4 heterocycles. The van der Waals surface area contributed by atoms with Gasteiger partial charge in [0.15, 0.2) is 5.65 Å². The van der Waals surface area contributed by atoms with Gasteiger partial charge in [-0.25, -0.2) is 9.97 Å². The van der Waals surface area contributed by atoms with Crippen LogP contribution in [0.5, 0.6) is 0 Å². The predicted molar refractivity (Wildman–Crippen MR) is 122 cm³/mol. The van der Waals surface area contributed by atoms with Gasteiger partial charge in [0, 0.05) is 18.8 Å². The fourth-order valence-corrected chi connectivity index (χ4v) is 4.07. The first-order valence-corrected chi connectivity index (χ1v) is 11.1. The highest BCUT2D eigenvalue weighted by Crippen LogP contribution is 2.24. The van der Waals surface area contributed by atoms with E-state index in [0.29, 0.717) is 11.7 Å². The summed E-state index contributed by atoms with van der Waals surface area (Å²) >= 11 is 1.68. The first kappa shape index (κ1) is 20.2. The summed E-state index contributed by atoms with van der Waals surface area (Å²) in [5, 5.41) is 15.4. The van der Waals surface area contributed by atoms with Crippen LogP contribution in [0.1, 0.15) is 37.7 Å². The standard InChI is InChI=1S/C15H13N7S.C6H13N/c16-15-18-7-10-13(21-22-14(10)20-15)11-2-1-3-12(19-11)17-6-9-4-5-23-8-9;7-6-4-2-1-3-5-6/h1-5,7-8H,6H2,(H,17,19)(H3,16,18,20,21,22);6H,1-5,7H2. The average Bonchev–Trinajstić information content (AvgIpc) is 3.43. The van der Waals surface area contributed by atoms with Gasteiger partial charge in [-0.05, 0) is 47.4 Å². The largest absolute Gasteiger partial charge is 0.368 e. The first-order valence-electron chi connectivity index (χ1n) is 10.1. The Morgan fingerprint density at radius 3 is 2.73 bits per heavy atom. The van der Waals surface area contributed by atoms with Crippen molar-refractivity contribution in [1.82, 2.24) is 25.1 Å². The molecule has 156 valence electrons. The van der Waals surface area contributed by atoms with Crippen molar-refractivity contribution in [3.8, 4) is 11.4 Å². The molecule has 30 heavy (non-hydrogen) atoms. The number of aromatic amines is 1. The van der Waals surface area contributed by atoms with Crippen molar-refractivity contribution in [2.75, 3.05) is 11.1 Å². The Bertz CT molecular complexity index is 1070. The number of nitrogens with zero attached hydrogens (tertiary/aromatic N) is 4. The van der Waals surface area contributed by atoms with Gasteiger partial charge < -0.3 is 16.8 Å². The molecule has 1 aliphatic carbocycles. The maximum absolute atomic E-state index is 5.63. The van der Waals surface area contributed by atoms with Crippen LogP contribution in [0, 0.1) is 0 Å². The second-order valence-corrected chi connectivity index (χ2v) is 8.14. The smallest absolute Gasteiger partial charge is 0.222 e. The third-order valence-electron chi connectivity index (χ3n) is 5.04. The van der Waals surface area contributed by atoms with Crippen LogP contribution in [-0.2, 0) is 6.54 Å². The van der Waals surface area contributed by atoms with Crippen LogP contribution in [-0.4, -0.2) is 31.2 Å². The minimum absolute atomic E-state index is 0.203. The number of anilines is 2. The molecule has 1 fully saturated rings. The number of H-pyrrole nitrogens is 1. The number of nitrogens with two attached hydrogens (primary N) is 2. The zero-order chi connectivity index (χ0) is 20.8. The van der Waals surface area contributed by atoms with Crippen LogP contribution < -0.4 is 16.8 Å². The summed E-state index contributed by atoms with van der Waals surface area (Å²) in [6.45, 7) is 0.739. The number of thiophene rings is 1. The molecule has 0 saturated heterocycles. The SMILES string of the molecule is NC1CCCCC1.Nc1ncc2c(-c3cccc(NCc4ccsc4)n3)[nH]nc2n1. The summed E-state index contributed by atoms with van der Waals surface area (Å²) in [5.41, 5.74) is 14.5. The molecular formula is C21H26N8S. The lowest BCUT2D eigenvalue weighted by atomic mass is 9.97. The Morgan fingerprint density at radius 2 is 2.00 bits per heavy atom. The average molecular weight is 423 g/mol. The number of rotatable bonds is 4. The quantitative estimate of drug-likeness (QED) is 0.391. The molecule has 9 heteroatoms. The minimum Gasteiger partial charge on any atom is -0.368 e. The zero-order valence-corrected chi connectivity index (χ0v) is 17.5. The van der Waals surface area contributed by atoms with E-state index in [0.717, 1.165) is 29.1 Å². The van der Waals surface area contributed by atoms with Gasteiger partial charge in [-0.1, -0.05) is 25.3 Å². The van der Waals surface area contributed by atoms with E-state index < -0.39 is 0 Å². The molecule has 0 unspecified atom stereocenters. The fourth-order valence-electron chi connectivity index (χ4n) is 3.40. The minimum atomic E-state index is 0.203. The normalized spacial score (nSPS) is 14.3. The molecular weight excluding hydrogens is 396 g/mol. The lowest BCUT2D eigenvalue weighted by molar-refractivity contribution is 0.441. The van der Waals surface area contributed by atoms with Gasteiger partial charge in [0.2, 0.25) is 5.95 Å². The third kappa shape index (κ3) is 5.11. The number of hydrogen-bond acceptors (Lipinski definition) is 8. The molecule has 1 saturated carbocycles. The van der Waals surface area contributed by atoms with Crippen molar-refractivity contribution in [3.63, 3.8) is 0 Å². The maximum Gasteiger partial charge on any atom is 0.222 e. The topological polar surface area (TPSA) is 131 Å². The molecule has 0 aromatic carbocycles. The molecule has 6 N–H and O–H groups in total. The number of pyridine rings is 1. The van der Waals surface area contributed by atoms with E-state index in [9.17, 15) is 0 Å². The number of nitrogen functional groups attached to an aromatic ring is 1. The Balaban J connectivity index is 0.000000265. The van der Waals surface area contributed by atoms with E-state index in [1.165, 1.54) is 37.7 Å².